The zero-order valence-electron chi connectivity index (χ0n) is 11.5. The monoisotopic (exact) mass is 270 g/mol. The van der Waals surface area contributed by atoms with Gasteiger partial charge in [-0.05, 0) is 54.5 Å². The van der Waals surface area contributed by atoms with Crippen LogP contribution in [-0.2, 0) is 12.8 Å². The van der Waals surface area contributed by atoms with Gasteiger partial charge in [-0.25, -0.2) is 0 Å². The molecular weight excluding hydrogens is 252 g/mol. The van der Waals surface area contributed by atoms with Crippen molar-refractivity contribution in [3.63, 3.8) is 0 Å². The maximum absolute atomic E-state index is 6.64. The molecule has 2 aromatic rings. The zero-order chi connectivity index (χ0) is 13.4. The number of rotatable bonds is 3. The first-order chi connectivity index (χ1) is 9.15. The predicted molar refractivity (Wildman–Crippen MR) is 82.1 cm³/mol. The molecule has 0 amide bonds. The molecule has 1 aliphatic rings. The smallest absolute Gasteiger partial charge is 0.0448 e. The number of aryl methyl sites for hydroxylation is 2. The van der Waals surface area contributed by atoms with E-state index in [9.17, 15) is 0 Å². The molecule has 2 unspecified atom stereocenters. The first-order valence-electron chi connectivity index (χ1n) is 6.93. The highest BCUT2D eigenvalue weighted by atomic mass is 35.5. The van der Waals surface area contributed by atoms with Crippen LogP contribution >= 0.6 is 11.6 Å². The lowest BCUT2D eigenvalue weighted by molar-refractivity contribution is 0.567. The van der Waals surface area contributed by atoms with Crippen molar-refractivity contribution < 1.29 is 0 Å². The van der Waals surface area contributed by atoms with Gasteiger partial charge in [0.15, 0.2) is 0 Å². The normalized spacial score (nSPS) is 18.6. The third-order valence-electron chi connectivity index (χ3n) is 4.33. The van der Waals surface area contributed by atoms with Gasteiger partial charge in [-0.1, -0.05) is 42.5 Å². The van der Waals surface area contributed by atoms with E-state index in [1.54, 1.807) is 0 Å². The largest absolute Gasteiger partial charge is 0.122 e. The Kier molecular flexibility index (Phi) is 3.36. The maximum atomic E-state index is 6.64. The van der Waals surface area contributed by atoms with E-state index >= 15 is 0 Å². The Bertz CT molecular complexity index is 600. The molecule has 1 heteroatoms. The van der Waals surface area contributed by atoms with Crippen LogP contribution in [-0.4, -0.2) is 5.38 Å². The van der Waals surface area contributed by atoms with E-state index in [4.69, 9.17) is 11.6 Å². The first-order valence-corrected chi connectivity index (χ1v) is 7.37. The minimum Gasteiger partial charge on any atom is -0.122 e. The minimum atomic E-state index is 0.206. The van der Waals surface area contributed by atoms with Crippen molar-refractivity contribution in [2.24, 2.45) is 0 Å². The molecule has 1 aliphatic carbocycles. The maximum Gasteiger partial charge on any atom is 0.0448 e. The summed E-state index contributed by atoms with van der Waals surface area (Å²) in [4.78, 5) is 0. The summed E-state index contributed by atoms with van der Waals surface area (Å²) < 4.78 is 0. The van der Waals surface area contributed by atoms with Gasteiger partial charge in [0.2, 0.25) is 0 Å². The molecule has 2 atom stereocenters. The molecule has 2 aromatic carbocycles. The molecule has 0 heterocycles. The Labute approximate surface area is 120 Å². The Morgan fingerprint density at radius 3 is 2.63 bits per heavy atom. The van der Waals surface area contributed by atoms with Gasteiger partial charge in [-0.3, -0.25) is 0 Å². The van der Waals surface area contributed by atoms with Crippen LogP contribution in [0.15, 0.2) is 42.5 Å². The van der Waals surface area contributed by atoms with Gasteiger partial charge in [0.1, 0.15) is 0 Å². The fourth-order valence-corrected chi connectivity index (χ4v) is 3.32. The third kappa shape index (κ3) is 2.42. The highest BCUT2D eigenvalue weighted by molar-refractivity contribution is 6.21. The number of fused-ring (bicyclic) bond motifs is 1. The van der Waals surface area contributed by atoms with Crippen LogP contribution in [0.2, 0.25) is 0 Å². The van der Waals surface area contributed by atoms with E-state index in [0.29, 0.717) is 5.92 Å². The van der Waals surface area contributed by atoms with Crippen molar-refractivity contribution in [3.8, 4) is 0 Å². The van der Waals surface area contributed by atoms with Gasteiger partial charge in [0.25, 0.3) is 0 Å². The van der Waals surface area contributed by atoms with E-state index in [1.807, 2.05) is 0 Å². The van der Waals surface area contributed by atoms with Gasteiger partial charge >= 0.3 is 0 Å². The number of hydrogen-bond acceptors (Lipinski definition) is 0. The van der Waals surface area contributed by atoms with Crippen LogP contribution in [0.5, 0.6) is 0 Å². The van der Waals surface area contributed by atoms with E-state index in [-0.39, 0.29) is 5.38 Å². The number of halogens is 1. The van der Waals surface area contributed by atoms with Crippen LogP contribution in [0.1, 0.15) is 33.7 Å². The topological polar surface area (TPSA) is 0 Å². The van der Waals surface area contributed by atoms with Crippen molar-refractivity contribution in [1.82, 2.24) is 0 Å². The number of benzene rings is 2. The summed E-state index contributed by atoms with van der Waals surface area (Å²) in [6.45, 7) is 4.32. The molecule has 0 aliphatic heterocycles. The van der Waals surface area contributed by atoms with Crippen LogP contribution in [0, 0.1) is 13.8 Å². The molecule has 0 N–H and O–H groups in total. The van der Waals surface area contributed by atoms with Crippen molar-refractivity contribution in [2.75, 3.05) is 0 Å². The second-order valence-electron chi connectivity index (χ2n) is 5.65. The first kappa shape index (κ1) is 12.7. The van der Waals surface area contributed by atoms with Crippen LogP contribution in [0.25, 0.3) is 0 Å². The van der Waals surface area contributed by atoms with E-state index in [0.717, 1.165) is 12.8 Å². The Morgan fingerprint density at radius 1 is 1.11 bits per heavy atom. The van der Waals surface area contributed by atoms with Crippen LogP contribution in [0.4, 0.5) is 0 Å². The van der Waals surface area contributed by atoms with E-state index in [1.165, 1.54) is 27.8 Å². The second-order valence-corrected chi connectivity index (χ2v) is 6.21. The quantitative estimate of drug-likeness (QED) is 0.703. The highest BCUT2D eigenvalue weighted by Gasteiger charge is 2.31. The molecule has 0 saturated heterocycles. The molecule has 19 heavy (non-hydrogen) atoms. The lowest BCUT2D eigenvalue weighted by Crippen LogP contribution is -2.26. The molecule has 0 saturated carbocycles. The average Bonchev–Trinajstić information content (AvgIpc) is 2.35. The zero-order valence-corrected chi connectivity index (χ0v) is 12.2. The van der Waals surface area contributed by atoms with E-state index in [2.05, 4.69) is 56.3 Å². The summed E-state index contributed by atoms with van der Waals surface area (Å²) in [6.07, 6.45) is 2.09. The fourth-order valence-electron chi connectivity index (χ4n) is 2.92. The summed E-state index contributed by atoms with van der Waals surface area (Å²) in [5, 5.41) is 0.206. The summed E-state index contributed by atoms with van der Waals surface area (Å²) in [5.74, 6) is 0.527. The van der Waals surface area contributed by atoms with Gasteiger partial charge < -0.3 is 0 Å². The minimum absolute atomic E-state index is 0.206. The Hall–Kier alpha value is -1.27. The fraction of sp³-hybridized carbons (Fsp3) is 0.333. The number of alkyl halides is 1. The van der Waals surface area contributed by atoms with Crippen molar-refractivity contribution in [3.05, 3.63) is 70.3 Å². The highest BCUT2D eigenvalue weighted by Crippen LogP contribution is 2.40. The lowest BCUT2D eigenvalue weighted by Gasteiger charge is -2.33. The van der Waals surface area contributed by atoms with Gasteiger partial charge in [0, 0.05) is 11.3 Å². The van der Waals surface area contributed by atoms with Gasteiger partial charge in [-0.2, -0.15) is 0 Å². The summed E-state index contributed by atoms with van der Waals surface area (Å²) in [5.41, 5.74) is 6.98. The molecule has 0 radical (unpaired) electrons. The molecule has 0 aromatic heterocycles. The Morgan fingerprint density at radius 2 is 1.89 bits per heavy atom. The molecule has 0 nitrogen and oxygen atoms in total. The summed E-state index contributed by atoms with van der Waals surface area (Å²) in [6, 6.07) is 15.3. The van der Waals surface area contributed by atoms with Crippen LogP contribution in [0.3, 0.4) is 0 Å². The van der Waals surface area contributed by atoms with Crippen LogP contribution < -0.4 is 0 Å². The molecule has 0 bridgehead atoms. The second kappa shape index (κ2) is 5.02. The predicted octanol–water partition coefficient (Wildman–Crippen LogP) is 4.79. The van der Waals surface area contributed by atoms with Crippen molar-refractivity contribution >= 4 is 11.6 Å². The number of hydrogen-bond donors (Lipinski definition) is 0. The lowest BCUT2D eigenvalue weighted by atomic mass is 9.74. The Balaban J connectivity index is 1.73. The molecule has 3 rings (SSSR count). The standard InChI is InChI=1S/C18H19Cl/c1-12-7-8-14(9-13(12)2)10-18(19)17-11-15-5-3-4-6-16(15)17/h3-9,17-18H,10-11H2,1-2H3. The molecule has 98 valence electrons. The summed E-state index contributed by atoms with van der Waals surface area (Å²) >= 11 is 6.64. The van der Waals surface area contributed by atoms with Gasteiger partial charge in [0.05, 0.1) is 0 Å². The van der Waals surface area contributed by atoms with Crippen molar-refractivity contribution in [2.45, 2.75) is 38.0 Å². The van der Waals surface area contributed by atoms with Crippen molar-refractivity contribution in [1.29, 1.82) is 0 Å². The molecular formula is C18H19Cl. The van der Waals surface area contributed by atoms with Gasteiger partial charge in [-0.15, -0.1) is 11.6 Å². The third-order valence-corrected chi connectivity index (χ3v) is 4.79. The molecule has 0 spiro atoms. The SMILES string of the molecule is Cc1ccc(CC(Cl)C2Cc3ccccc32)cc1C. The summed E-state index contributed by atoms with van der Waals surface area (Å²) in [7, 11) is 0. The molecule has 0 fully saturated rings. The average molecular weight is 271 g/mol. The van der Waals surface area contributed by atoms with E-state index < -0.39 is 0 Å².